The van der Waals surface area contributed by atoms with E-state index in [0.29, 0.717) is 0 Å². The number of pyridine rings is 1. The quantitative estimate of drug-likeness (QED) is 0.533. The van der Waals surface area contributed by atoms with Gasteiger partial charge >= 0.3 is 0 Å². The lowest BCUT2D eigenvalue weighted by molar-refractivity contribution is 1.18. The van der Waals surface area contributed by atoms with Crippen LogP contribution in [0.4, 0.5) is 0 Å². The molecule has 0 fully saturated rings. The van der Waals surface area contributed by atoms with Crippen LogP contribution in [-0.2, 0) is 0 Å². The zero-order valence-corrected chi connectivity index (χ0v) is 7.26. The summed E-state index contributed by atoms with van der Waals surface area (Å²) < 4.78 is 0. The first-order valence-corrected chi connectivity index (χ1v) is 3.84. The first-order chi connectivity index (χ1) is 5.29. The van der Waals surface area contributed by atoms with Crippen molar-refractivity contribution in [3.8, 4) is 0 Å². The minimum atomic E-state index is 1.08. The monoisotopic (exact) mass is 147 g/mol. The first-order valence-electron chi connectivity index (χ1n) is 3.84. The summed E-state index contributed by atoms with van der Waals surface area (Å²) in [7, 11) is 0. The molecule has 0 N–H and O–H groups in total. The van der Waals surface area contributed by atoms with Crippen LogP contribution < -0.4 is 10.6 Å². The highest BCUT2D eigenvalue weighted by Gasteiger charge is 1.87. The largest absolute Gasteiger partial charge is 0.257 e. The second-order valence-corrected chi connectivity index (χ2v) is 2.50. The molecule has 0 amide bonds. The van der Waals surface area contributed by atoms with Gasteiger partial charge in [-0.3, -0.25) is 4.98 Å². The van der Waals surface area contributed by atoms with Crippen molar-refractivity contribution in [2.24, 2.45) is 0 Å². The number of hydrogen-bond acceptors (Lipinski definition) is 1. The van der Waals surface area contributed by atoms with Crippen molar-refractivity contribution in [3.63, 3.8) is 0 Å². The van der Waals surface area contributed by atoms with Gasteiger partial charge in [0.1, 0.15) is 0 Å². The minimum absolute atomic E-state index is 1.08. The van der Waals surface area contributed by atoms with Gasteiger partial charge in [0.2, 0.25) is 0 Å². The Morgan fingerprint density at radius 1 is 1.27 bits per heavy atom. The summed E-state index contributed by atoms with van der Waals surface area (Å²) in [6.45, 7) is 6.15. The fraction of sp³-hybridized carbons (Fsp3) is 0.300. The lowest BCUT2D eigenvalue weighted by Gasteiger charge is -1.92. The molecule has 0 saturated carbocycles. The van der Waals surface area contributed by atoms with Gasteiger partial charge in [-0.05, 0) is 37.6 Å². The Morgan fingerprint density at radius 3 is 2.45 bits per heavy atom. The van der Waals surface area contributed by atoms with Gasteiger partial charge in [0.05, 0.1) is 5.35 Å². The summed E-state index contributed by atoms with van der Waals surface area (Å²) in [5, 5.41) is 2.32. The number of aryl methyl sites for hydroxylation is 1. The van der Waals surface area contributed by atoms with Gasteiger partial charge in [-0.25, -0.2) is 0 Å². The maximum Gasteiger partial charge on any atom is 0.0658 e. The normalized spacial score (nSPS) is 14.1. The molecular formula is C10H13N. The highest BCUT2D eigenvalue weighted by Crippen LogP contribution is 1.80. The summed E-state index contributed by atoms with van der Waals surface area (Å²) in [6, 6.07) is 2.03. The van der Waals surface area contributed by atoms with Crippen LogP contribution in [0.1, 0.15) is 19.4 Å². The third kappa shape index (κ3) is 1.48. The van der Waals surface area contributed by atoms with E-state index in [2.05, 4.69) is 18.0 Å². The lowest BCUT2D eigenvalue weighted by atomic mass is 10.2. The molecule has 58 valence electrons. The van der Waals surface area contributed by atoms with Crippen molar-refractivity contribution >= 4 is 12.2 Å². The Kier molecular flexibility index (Phi) is 2.42. The average molecular weight is 147 g/mol. The van der Waals surface area contributed by atoms with Gasteiger partial charge in [-0.1, -0.05) is 12.2 Å². The smallest absolute Gasteiger partial charge is 0.0658 e. The zero-order chi connectivity index (χ0) is 8.27. The maximum absolute atomic E-state index is 4.24. The highest BCUT2D eigenvalue weighted by molar-refractivity contribution is 5.29. The van der Waals surface area contributed by atoms with Crippen molar-refractivity contribution in [2.45, 2.75) is 20.8 Å². The summed E-state index contributed by atoms with van der Waals surface area (Å²) in [5.41, 5.74) is 1.29. The topological polar surface area (TPSA) is 12.9 Å². The van der Waals surface area contributed by atoms with E-state index in [1.54, 1.807) is 0 Å². The van der Waals surface area contributed by atoms with Gasteiger partial charge in [0.25, 0.3) is 0 Å². The van der Waals surface area contributed by atoms with Gasteiger partial charge in [0.15, 0.2) is 0 Å². The van der Waals surface area contributed by atoms with Crippen LogP contribution in [0.25, 0.3) is 12.2 Å². The molecule has 1 nitrogen and oxygen atoms in total. The van der Waals surface area contributed by atoms with Crippen LogP contribution in [0.5, 0.6) is 0 Å². The van der Waals surface area contributed by atoms with Gasteiger partial charge in [0, 0.05) is 6.20 Å². The second kappa shape index (κ2) is 3.33. The maximum atomic E-state index is 4.24. The molecule has 0 unspecified atom stereocenters. The molecule has 0 radical (unpaired) electrons. The summed E-state index contributed by atoms with van der Waals surface area (Å²) >= 11 is 0. The van der Waals surface area contributed by atoms with Crippen molar-refractivity contribution in [2.75, 3.05) is 0 Å². The van der Waals surface area contributed by atoms with Gasteiger partial charge in [-0.2, -0.15) is 0 Å². The van der Waals surface area contributed by atoms with Gasteiger partial charge < -0.3 is 0 Å². The predicted octanol–water partition coefficient (Wildman–Crippen LogP) is 0.991. The Morgan fingerprint density at radius 2 is 2.00 bits per heavy atom. The van der Waals surface area contributed by atoms with Crippen LogP contribution in [0.3, 0.4) is 0 Å². The van der Waals surface area contributed by atoms with Crippen molar-refractivity contribution in [3.05, 3.63) is 28.4 Å². The van der Waals surface area contributed by atoms with Crippen LogP contribution in [-0.4, -0.2) is 4.98 Å². The van der Waals surface area contributed by atoms with E-state index in [1.807, 2.05) is 32.2 Å². The molecule has 0 saturated heterocycles. The lowest BCUT2D eigenvalue weighted by Crippen LogP contribution is -2.29. The molecule has 1 aromatic heterocycles. The molecule has 0 bridgehead atoms. The Balaban J connectivity index is 3.65. The van der Waals surface area contributed by atoms with Crippen LogP contribution in [0, 0.1) is 6.92 Å². The highest BCUT2D eigenvalue weighted by atomic mass is 14.6. The van der Waals surface area contributed by atoms with Crippen molar-refractivity contribution in [1.29, 1.82) is 0 Å². The van der Waals surface area contributed by atoms with Crippen LogP contribution >= 0.6 is 0 Å². The number of hydrogen-bond donors (Lipinski definition) is 0. The molecule has 1 heterocycles. The molecular weight excluding hydrogens is 134 g/mol. The minimum Gasteiger partial charge on any atom is -0.257 e. The van der Waals surface area contributed by atoms with E-state index in [0.717, 1.165) is 5.35 Å². The molecule has 1 rings (SSSR count). The Bertz CT molecular complexity index is 350. The van der Waals surface area contributed by atoms with E-state index in [1.165, 1.54) is 10.8 Å². The zero-order valence-electron chi connectivity index (χ0n) is 7.26. The number of aromatic nitrogens is 1. The summed E-state index contributed by atoms with van der Waals surface area (Å²) in [5.74, 6) is 0. The average Bonchev–Trinajstić information content (AvgIpc) is 2.04. The van der Waals surface area contributed by atoms with Crippen LogP contribution in [0.2, 0.25) is 0 Å². The molecule has 1 heteroatoms. The van der Waals surface area contributed by atoms with Crippen molar-refractivity contribution in [1.82, 2.24) is 4.98 Å². The summed E-state index contributed by atoms with van der Waals surface area (Å²) in [6.07, 6.45) is 5.97. The number of nitrogens with zero attached hydrogens (tertiary/aromatic N) is 1. The third-order valence-corrected chi connectivity index (χ3v) is 1.80. The fourth-order valence-electron chi connectivity index (χ4n) is 1.20. The molecule has 0 aliphatic carbocycles. The SMILES string of the molecule is C/C=c1/c(C)ccn/c1=C/C. The van der Waals surface area contributed by atoms with E-state index in [-0.39, 0.29) is 0 Å². The third-order valence-electron chi connectivity index (χ3n) is 1.80. The van der Waals surface area contributed by atoms with Crippen molar-refractivity contribution < 1.29 is 0 Å². The summed E-state index contributed by atoms with van der Waals surface area (Å²) in [4.78, 5) is 4.24. The predicted molar refractivity (Wildman–Crippen MR) is 48.5 cm³/mol. The van der Waals surface area contributed by atoms with Gasteiger partial charge in [-0.15, -0.1) is 0 Å². The van der Waals surface area contributed by atoms with E-state index >= 15 is 0 Å². The molecule has 0 aliphatic rings. The fourth-order valence-corrected chi connectivity index (χ4v) is 1.20. The standard InChI is InChI=1S/C10H13N/c1-4-9-8(3)6-7-11-10(9)5-2/h4-7H,1-3H3/b9-4-,10-5+. The Hall–Kier alpha value is -1.11. The van der Waals surface area contributed by atoms with E-state index in [4.69, 9.17) is 0 Å². The molecule has 0 atom stereocenters. The Labute approximate surface area is 67.1 Å². The van der Waals surface area contributed by atoms with Crippen LogP contribution in [0.15, 0.2) is 12.3 Å². The molecule has 1 aromatic rings. The number of rotatable bonds is 0. The molecule has 0 aromatic carbocycles. The molecule has 0 spiro atoms. The molecule has 0 aliphatic heterocycles. The molecule has 11 heavy (non-hydrogen) atoms. The van der Waals surface area contributed by atoms with E-state index in [9.17, 15) is 0 Å². The second-order valence-electron chi connectivity index (χ2n) is 2.50. The van der Waals surface area contributed by atoms with E-state index < -0.39 is 0 Å². The first kappa shape index (κ1) is 7.99.